The first-order chi connectivity index (χ1) is 8.83. The van der Waals surface area contributed by atoms with Crippen LogP contribution >= 0.6 is 0 Å². The molecular formula is C15H26N2O. The summed E-state index contributed by atoms with van der Waals surface area (Å²) in [7, 11) is 0. The second kappa shape index (κ2) is 5.70. The van der Waals surface area contributed by atoms with E-state index in [2.05, 4.69) is 9.80 Å². The molecule has 1 saturated carbocycles. The van der Waals surface area contributed by atoms with Crippen molar-refractivity contribution < 1.29 is 4.79 Å². The predicted molar refractivity (Wildman–Crippen MR) is 72.6 cm³/mol. The number of Topliss-reactive ketones (excluding diaryl/α,β-unsaturated/α-hetero) is 1. The van der Waals surface area contributed by atoms with E-state index in [9.17, 15) is 4.79 Å². The predicted octanol–water partition coefficient (Wildman–Crippen LogP) is 1.92. The molecule has 0 aromatic rings. The van der Waals surface area contributed by atoms with Gasteiger partial charge in [0.1, 0.15) is 5.78 Å². The van der Waals surface area contributed by atoms with Crippen molar-refractivity contribution in [3.8, 4) is 0 Å². The number of carbonyl (C=O) groups is 1. The minimum Gasteiger partial charge on any atom is -0.298 e. The van der Waals surface area contributed by atoms with Crippen molar-refractivity contribution in [3.63, 3.8) is 0 Å². The maximum Gasteiger partial charge on any atom is 0.149 e. The molecule has 0 bridgehead atoms. The highest BCUT2D eigenvalue weighted by Gasteiger charge is 2.31. The fraction of sp³-hybridized carbons (Fsp3) is 0.933. The van der Waals surface area contributed by atoms with Gasteiger partial charge in [-0.15, -0.1) is 0 Å². The molecule has 102 valence electrons. The summed E-state index contributed by atoms with van der Waals surface area (Å²) >= 11 is 0. The Bertz CT molecular complexity index is 299. The van der Waals surface area contributed by atoms with Crippen LogP contribution in [-0.4, -0.2) is 54.3 Å². The van der Waals surface area contributed by atoms with Crippen LogP contribution in [0.15, 0.2) is 0 Å². The SMILES string of the molecule is O=C(CN1CCN2CCCCC2C1)C1CCCC1. The van der Waals surface area contributed by atoms with Crippen LogP contribution in [0.2, 0.25) is 0 Å². The third-order valence-electron chi connectivity index (χ3n) is 5.11. The molecule has 2 heterocycles. The van der Waals surface area contributed by atoms with Gasteiger partial charge < -0.3 is 0 Å². The van der Waals surface area contributed by atoms with Crippen LogP contribution in [-0.2, 0) is 4.79 Å². The zero-order chi connectivity index (χ0) is 12.4. The third kappa shape index (κ3) is 2.77. The maximum absolute atomic E-state index is 12.2. The van der Waals surface area contributed by atoms with Crippen LogP contribution in [0.1, 0.15) is 44.9 Å². The van der Waals surface area contributed by atoms with E-state index in [0.717, 1.165) is 38.5 Å². The molecule has 3 nitrogen and oxygen atoms in total. The lowest BCUT2D eigenvalue weighted by atomic mass is 9.98. The van der Waals surface area contributed by atoms with E-state index in [1.54, 1.807) is 0 Å². The van der Waals surface area contributed by atoms with Gasteiger partial charge in [-0.25, -0.2) is 0 Å². The number of nitrogens with zero attached hydrogens (tertiary/aromatic N) is 2. The van der Waals surface area contributed by atoms with Crippen LogP contribution in [0, 0.1) is 5.92 Å². The van der Waals surface area contributed by atoms with Gasteiger partial charge in [-0.1, -0.05) is 19.3 Å². The number of ketones is 1. The summed E-state index contributed by atoms with van der Waals surface area (Å²) in [5.41, 5.74) is 0. The Hall–Kier alpha value is -0.410. The Morgan fingerprint density at radius 2 is 1.72 bits per heavy atom. The smallest absolute Gasteiger partial charge is 0.149 e. The summed E-state index contributed by atoms with van der Waals surface area (Å²) in [5.74, 6) is 0.922. The molecule has 1 aliphatic carbocycles. The minimum atomic E-state index is 0.398. The van der Waals surface area contributed by atoms with Crippen LogP contribution < -0.4 is 0 Å². The van der Waals surface area contributed by atoms with Gasteiger partial charge in [0.15, 0.2) is 0 Å². The van der Waals surface area contributed by atoms with Crippen molar-refractivity contribution in [1.29, 1.82) is 0 Å². The lowest BCUT2D eigenvalue weighted by Crippen LogP contribution is -2.55. The second-order valence-corrected chi connectivity index (χ2v) is 6.37. The number of rotatable bonds is 3. The van der Waals surface area contributed by atoms with Crippen molar-refractivity contribution in [2.45, 2.75) is 51.0 Å². The van der Waals surface area contributed by atoms with Crippen LogP contribution in [0.3, 0.4) is 0 Å². The fourth-order valence-electron chi connectivity index (χ4n) is 3.96. The maximum atomic E-state index is 12.2. The number of fused-ring (bicyclic) bond motifs is 1. The first-order valence-electron chi connectivity index (χ1n) is 7.82. The van der Waals surface area contributed by atoms with E-state index in [4.69, 9.17) is 0 Å². The lowest BCUT2D eigenvalue weighted by Gasteiger charge is -2.44. The summed E-state index contributed by atoms with van der Waals surface area (Å²) in [5, 5.41) is 0. The molecule has 0 spiro atoms. The molecule has 2 aliphatic heterocycles. The minimum absolute atomic E-state index is 0.398. The normalized spacial score (nSPS) is 31.4. The van der Waals surface area contributed by atoms with Crippen molar-refractivity contribution in [1.82, 2.24) is 9.80 Å². The summed E-state index contributed by atoms with van der Waals surface area (Å²) < 4.78 is 0. The highest BCUT2D eigenvalue weighted by atomic mass is 16.1. The van der Waals surface area contributed by atoms with E-state index in [0.29, 0.717) is 11.7 Å². The average Bonchev–Trinajstić information content (AvgIpc) is 2.92. The fourth-order valence-corrected chi connectivity index (χ4v) is 3.96. The number of hydrogen-bond donors (Lipinski definition) is 0. The van der Waals surface area contributed by atoms with Crippen LogP contribution in [0.25, 0.3) is 0 Å². The molecule has 3 rings (SSSR count). The van der Waals surface area contributed by atoms with E-state index < -0.39 is 0 Å². The summed E-state index contributed by atoms with van der Waals surface area (Å²) in [6.07, 6.45) is 8.95. The number of carbonyl (C=O) groups excluding carboxylic acids is 1. The Labute approximate surface area is 111 Å². The molecule has 1 unspecified atom stereocenters. The Kier molecular flexibility index (Phi) is 4.00. The summed E-state index contributed by atoms with van der Waals surface area (Å²) in [4.78, 5) is 17.3. The van der Waals surface area contributed by atoms with Gasteiger partial charge in [-0.2, -0.15) is 0 Å². The first kappa shape index (κ1) is 12.6. The van der Waals surface area contributed by atoms with Crippen molar-refractivity contribution in [2.75, 3.05) is 32.7 Å². The van der Waals surface area contributed by atoms with E-state index >= 15 is 0 Å². The molecule has 3 aliphatic rings. The Morgan fingerprint density at radius 3 is 2.56 bits per heavy atom. The lowest BCUT2D eigenvalue weighted by molar-refractivity contribution is -0.124. The van der Waals surface area contributed by atoms with Crippen molar-refractivity contribution >= 4 is 5.78 Å². The number of piperazine rings is 1. The van der Waals surface area contributed by atoms with Crippen LogP contribution in [0.4, 0.5) is 0 Å². The Morgan fingerprint density at radius 1 is 0.944 bits per heavy atom. The quantitative estimate of drug-likeness (QED) is 0.764. The summed E-state index contributed by atoms with van der Waals surface area (Å²) in [6, 6.07) is 0.740. The number of piperidine rings is 1. The molecule has 1 atom stereocenters. The molecule has 2 saturated heterocycles. The van der Waals surface area contributed by atoms with Gasteiger partial charge in [-0.05, 0) is 32.2 Å². The van der Waals surface area contributed by atoms with Gasteiger partial charge in [-0.3, -0.25) is 14.6 Å². The van der Waals surface area contributed by atoms with Gasteiger partial charge >= 0.3 is 0 Å². The molecule has 0 radical (unpaired) electrons. The van der Waals surface area contributed by atoms with Gasteiger partial charge in [0, 0.05) is 31.6 Å². The summed E-state index contributed by atoms with van der Waals surface area (Å²) in [6.45, 7) is 5.44. The topological polar surface area (TPSA) is 23.6 Å². The van der Waals surface area contributed by atoms with Crippen molar-refractivity contribution in [3.05, 3.63) is 0 Å². The van der Waals surface area contributed by atoms with Crippen molar-refractivity contribution in [2.24, 2.45) is 5.92 Å². The van der Waals surface area contributed by atoms with Crippen LogP contribution in [0.5, 0.6) is 0 Å². The molecule has 0 amide bonds. The van der Waals surface area contributed by atoms with Gasteiger partial charge in [0.25, 0.3) is 0 Å². The molecule has 0 aromatic carbocycles. The van der Waals surface area contributed by atoms with E-state index in [1.165, 1.54) is 45.2 Å². The largest absolute Gasteiger partial charge is 0.298 e. The first-order valence-corrected chi connectivity index (χ1v) is 7.82. The van der Waals surface area contributed by atoms with Gasteiger partial charge in [0.2, 0.25) is 0 Å². The zero-order valence-electron chi connectivity index (χ0n) is 11.4. The highest BCUT2D eigenvalue weighted by molar-refractivity contribution is 5.83. The standard InChI is InChI=1S/C15H26N2O/c18-15(13-5-1-2-6-13)12-16-9-10-17-8-4-3-7-14(17)11-16/h13-14H,1-12H2. The molecule has 3 fully saturated rings. The third-order valence-corrected chi connectivity index (χ3v) is 5.11. The molecular weight excluding hydrogens is 224 g/mol. The van der Waals surface area contributed by atoms with E-state index in [1.807, 2.05) is 0 Å². The number of hydrogen-bond acceptors (Lipinski definition) is 3. The molecule has 18 heavy (non-hydrogen) atoms. The monoisotopic (exact) mass is 250 g/mol. The zero-order valence-corrected chi connectivity index (χ0v) is 11.4. The second-order valence-electron chi connectivity index (χ2n) is 6.37. The Balaban J connectivity index is 1.49. The van der Waals surface area contributed by atoms with Gasteiger partial charge in [0.05, 0.1) is 6.54 Å². The molecule has 3 heteroatoms. The molecule has 0 N–H and O–H groups in total. The molecule has 0 aromatic heterocycles. The van der Waals surface area contributed by atoms with E-state index in [-0.39, 0.29) is 0 Å². The average molecular weight is 250 g/mol. The highest BCUT2D eigenvalue weighted by Crippen LogP contribution is 2.26.